The van der Waals surface area contributed by atoms with Crippen molar-refractivity contribution in [2.24, 2.45) is 0 Å². The number of carboxylic acids is 3. The number of hydrogen-bond acceptors (Lipinski definition) is 17. The summed E-state index contributed by atoms with van der Waals surface area (Å²) in [6.07, 6.45) is 3.62. The van der Waals surface area contributed by atoms with Crippen LogP contribution in [0.15, 0.2) is 30.5 Å². The van der Waals surface area contributed by atoms with Gasteiger partial charge in [0.2, 0.25) is 11.8 Å². The van der Waals surface area contributed by atoms with Gasteiger partial charge >= 0.3 is 19.8 Å². The van der Waals surface area contributed by atoms with E-state index in [1.54, 1.807) is 43.9 Å². The van der Waals surface area contributed by atoms with Crippen LogP contribution in [0.3, 0.4) is 0 Å². The summed E-state index contributed by atoms with van der Waals surface area (Å²) in [5, 5.41) is 46.9. The van der Waals surface area contributed by atoms with Gasteiger partial charge < -0.3 is 49.6 Å². The van der Waals surface area contributed by atoms with Crippen LogP contribution in [0.25, 0.3) is 10.9 Å². The summed E-state index contributed by atoms with van der Waals surface area (Å²) < 4.78 is 6.05. The molecule has 3 aliphatic rings. The van der Waals surface area contributed by atoms with E-state index >= 15 is 0 Å². The van der Waals surface area contributed by atoms with Crippen molar-refractivity contribution in [3.05, 3.63) is 36.0 Å². The Kier molecular flexibility index (Phi) is 19.7. The SMILES string of the molecule is N#C[C@@H]1CCCN1C(=O)CNC(=O)c1ccnc2ccc(OCCCN3CCN(C(=O)CN4CCN(CC(=O)[O-])CCN(CC(=O)[O-])CCN(CC(=O)[O-])CC4)CC3)cc12.[Ga+3]. The monoisotopic (exact) mass is 902 g/mol. The van der Waals surface area contributed by atoms with Gasteiger partial charge in [0, 0.05) is 123 Å². The zero-order chi connectivity index (χ0) is 43.0. The number of aliphatic carboxylic acids is 3. The molecule has 0 aliphatic carbocycles. The van der Waals surface area contributed by atoms with Crippen LogP contribution in [-0.4, -0.2) is 232 Å². The molecule has 1 aromatic heterocycles. The molecule has 1 atom stereocenters. The number of nitrogens with zero attached hydrogens (tertiary/aromatic N) is 9. The molecule has 21 heteroatoms. The molecule has 0 saturated carbocycles. The summed E-state index contributed by atoms with van der Waals surface area (Å²) in [6, 6.07) is 8.56. The van der Waals surface area contributed by atoms with Gasteiger partial charge in [-0.05, 0) is 43.5 Å². The number of carbonyl (C=O) groups is 6. The summed E-state index contributed by atoms with van der Waals surface area (Å²) >= 11 is 0. The molecule has 2 aromatic rings. The van der Waals surface area contributed by atoms with Gasteiger partial charge in [-0.15, -0.1) is 0 Å². The number of rotatable bonds is 16. The smallest absolute Gasteiger partial charge is 0.549 e. The Bertz CT molecular complexity index is 1840. The molecule has 1 aromatic carbocycles. The number of piperazine rings is 1. The molecule has 0 radical (unpaired) electrons. The first-order valence-corrected chi connectivity index (χ1v) is 20.4. The standard InChI is InChI=1S/C40H56N10O10.Ga/c41-24-30-3-1-9-50(30)35(51)25-43-40(59)32-6-7-42-34-5-4-31(23-33(32)34)60-22-2-8-44-18-20-49(21-19-44)36(52)26-45-10-12-46(27-37(53)54)14-16-48(29-39(57)58)17-15-47(13-11-45)28-38(55)56;/h4-7,23,30H,1-3,8-22,25-29H2,(H,43,59)(H,53,54)(H,55,56)(H,57,58);/q;+3/p-3/t30-;/m0./s1. The molecule has 4 heterocycles. The summed E-state index contributed by atoms with van der Waals surface area (Å²) in [5.41, 5.74) is 0.951. The quantitative estimate of drug-likeness (QED) is 0.122. The van der Waals surface area contributed by atoms with Gasteiger partial charge in [0.05, 0.1) is 54.8 Å². The predicted octanol–water partition coefficient (Wildman–Crippen LogP) is -5.52. The second kappa shape index (κ2) is 24.6. The van der Waals surface area contributed by atoms with E-state index in [-0.39, 0.29) is 104 Å². The van der Waals surface area contributed by atoms with E-state index in [0.717, 1.165) is 13.0 Å². The average molecular weight is 904 g/mol. The first kappa shape index (κ1) is 48.8. The van der Waals surface area contributed by atoms with Gasteiger partial charge in [-0.3, -0.25) is 43.9 Å². The van der Waals surface area contributed by atoms with Gasteiger partial charge in [-0.2, -0.15) is 5.26 Å². The maximum absolute atomic E-state index is 13.5. The molecule has 326 valence electrons. The van der Waals surface area contributed by atoms with Crippen molar-refractivity contribution < 1.29 is 48.8 Å². The molecular weight excluding hydrogens is 850 g/mol. The summed E-state index contributed by atoms with van der Waals surface area (Å²) in [7, 11) is 0. The fourth-order valence-electron chi connectivity index (χ4n) is 7.71. The summed E-state index contributed by atoms with van der Waals surface area (Å²) in [5.74, 6) is -4.09. The Morgan fingerprint density at radius 3 is 1.80 bits per heavy atom. The number of pyridine rings is 1. The molecule has 0 spiro atoms. The van der Waals surface area contributed by atoms with Crippen LogP contribution in [0.1, 0.15) is 29.6 Å². The molecule has 3 saturated heterocycles. The number of likely N-dealkylation sites (tertiary alicyclic amines) is 1. The molecule has 3 amide bonds. The van der Waals surface area contributed by atoms with E-state index in [2.05, 4.69) is 21.3 Å². The van der Waals surface area contributed by atoms with Crippen molar-refractivity contribution in [1.82, 2.24) is 44.6 Å². The van der Waals surface area contributed by atoms with Crippen LogP contribution >= 0.6 is 0 Å². The molecule has 61 heavy (non-hydrogen) atoms. The zero-order valence-electron chi connectivity index (χ0n) is 34.4. The second-order valence-electron chi connectivity index (χ2n) is 15.2. The van der Waals surface area contributed by atoms with E-state index in [0.29, 0.717) is 87.5 Å². The van der Waals surface area contributed by atoms with Crippen LogP contribution in [0.5, 0.6) is 5.75 Å². The number of aromatic nitrogens is 1. The Labute approximate surface area is 368 Å². The minimum Gasteiger partial charge on any atom is -0.549 e. The maximum Gasteiger partial charge on any atom is 3.00 e. The van der Waals surface area contributed by atoms with E-state index in [1.807, 2.05) is 4.90 Å². The largest absolute Gasteiger partial charge is 3.00 e. The van der Waals surface area contributed by atoms with Crippen LogP contribution in [0, 0.1) is 11.3 Å². The van der Waals surface area contributed by atoms with Crippen LogP contribution in [0.4, 0.5) is 0 Å². The Hall–Kier alpha value is -4.82. The number of ether oxygens (including phenoxy) is 1. The molecule has 5 rings (SSSR count). The minimum atomic E-state index is -1.29. The van der Waals surface area contributed by atoms with Gasteiger partial charge in [-0.1, -0.05) is 0 Å². The second-order valence-corrected chi connectivity index (χ2v) is 15.2. The third kappa shape index (κ3) is 15.5. The molecule has 3 aliphatic heterocycles. The van der Waals surface area contributed by atoms with Crippen molar-refractivity contribution >= 4 is 66.3 Å². The van der Waals surface area contributed by atoms with Gasteiger partial charge in [0.1, 0.15) is 11.8 Å². The molecule has 1 N–H and O–H groups in total. The van der Waals surface area contributed by atoms with E-state index in [4.69, 9.17) is 4.74 Å². The van der Waals surface area contributed by atoms with E-state index in [1.165, 1.54) is 11.1 Å². The zero-order valence-corrected chi connectivity index (χ0v) is 36.8. The maximum atomic E-state index is 13.5. The third-order valence-electron chi connectivity index (χ3n) is 11.0. The van der Waals surface area contributed by atoms with Crippen molar-refractivity contribution in [2.75, 3.05) is 131 Å². The molecule has 3 fully saturated rings. The Balaban J connectivity index is 0.00000819. The molecule has 0 unspecified atom stereocenters. The van der Waals surface area contributed by atoms with Crippen molar-refractivity contribution in [3.63, 3.8) is 0 Å². The van der Waals surface area contributed by atoms with Crippen molar-refractivity contribution in [2.45, 2.75) is 25.3 Å². The van der Waals surface area contributed by atoms with Gasteiger partial charge in [0.25, 0.3) is 5.91 Å². The van der Waals surface area contributed by atoms with Crippen molar-refractivity contribution in [1.29, 1.82) is 5.26 Å². The van der Waals surface area contributed by atoms with E-state index < -0.39 is 29.9 Å². The number of fused-ring (bicyclic) bond motifs is 1. The van der Waals surface area contributed by atoms with Gasteiger partial charge in [-0.25, -0.2) is 0 Å². The Morgan fingerprint density at radius 1 is 0.721 bits per heavy atom. The van der Waals surface area contributed by atoms with Gasteiger partial charge in [0.15, 0.2) is 0 Å². The number of nitriles is 1. The summed E-state index contributed by atoms with van der Waals surface area (Å²) in [4.78, 5) is 90.2. The normalized spacial score (nSPS) is 19.2. The van der Waals surface area contributed by atoms with Crippen molar-refractivity contribution in [3.8, 4) is 11.8 Å². The molecule has 20 nitrogen and oxygen atoms in total. The van der Waals surface area contributed by atoms with Crippen LogP contribution < -0.4 is 25.4 Å². The predicted molar refractivity (Wildman–Crippen MR) is 214 cm³/mol. The number of amides is 3. The fraction of sp³-hybridized carbons (Fsp3) is 0.600. The Morgan fingerprint density at radius 2 is 1.26 bits per heavy atom. The van der Waals surface area contributed by atoms with Crippen LogP contribution in [0.2, 0.25) is 0 Å². The minimum absolute atomic E-state index is 0. The third-order valence-corrected chi connectivity index (χ3v) is 11.0. The van der Waals surface area contributed by atoms with Crippen LogP contribution in [-0.2, 0) is 24.0 Å². The first-order chi connectivity index (χ1) is 28.9. The average Bonchev–Trinajstić information content (AvgIpc) is 3.71. The number of carboxylic acid groups (broad SMARTS) is 3. The topological polar surface area (TPSA) is 252 Å². The molecular formula is C40H53GaN10O10. The fourth-order valence-corrected chi connectivity index (χ4v) is 7.71. The number of hydrogen-bond donors (Lipinski definition) is 1. The first-order valence-electron chi connectivity index (χ1n) is 20.4. The number of nitrogens with one attached hydrogen (secondary N) is 1. The number of carbonyl (C=O) groups excluding carboxylic acids is 6. The summed E-state index contributed by atoms with van der Waals surface area (Å²) in [6.45, 7) is 4.81. The number of benzene rings is 1. The molecule has 0 bridgehead atoms. The van der Waals surface area contributed by atoms with E-state index in [9.17, 15) is 49.3 Å².